The molecule has 1 N–H and O–H groups in total. The summed E-state index contributed by atoms with van der Waals surface area (Å²) in [4.78, 5) is 75.7. The van der Waals surface area contributed by atoms with Gasteiger partial charge in [-0.2, -0.15) is 0 Å². The second kappa shape index (κ2) is 9.80. The quantitative estimate of drug-likeness (QED) is 0.312. The predicted octanol–water partition coefficient (Wildman–Crippen LogP) is -0.314. The molecule has 35 heavy (non-hydrogen) atoms. The molecule has 13 heteroatoms. The van der Waals surface area contributed by atoms with E-state index >= 15 is 0 Å². The van der Waals surface area contributed by atoms with Gasteiger partial charge in [0.05, 0.1) is 17.7 Å². The SMILES string of the molecule is CC(=O)O[C@@H]1[C@@H](CO)O[C@@H](OC(C)=O)[C@@](OC(C)=O)(N2C(=O)c3ccccc3C2=O)[C@H]1OC(C)=O. The summed E-state index contributed by atoms with van der Waals surface area (Å²) in [6, 6.07) is 5.64. The molecule has 0 aliphatic carbocycles. The molecule has 0 spiro atoms. The highest BCUT2D eigenvalue weighted by molar-refractivity contribution is 6.22. The third kappa shape index (κ3) is 4.59. The van der Waals surface area contributed by atoms with Gasteiger partial charge in [-0.1, -0.05) is 12.1 Å². The van der Waals surface area contributed by atoms with Crippen LogP contribution in [-0.4, -0.2) is 82.6 Å². The lowest BCUT2D eigenvalue weighted by molar-refractivity contribution is -0.358. The van der Waals surface area contributed by atoms with Gasteiger partial charge in [0.25, 0.3) is 23.8 Å². The molecule has 0 radical (unpaired) electrons. The van der Waals surface area contributed by atoms with Gasteiger partial charge >= 0.3 is 23.9 Å². The lowest BCUT2D eigenvalue weighted by Gasteiger charge is -2.52. The van der Waals surface area contributed by atoms with E-state index in [2.05, 4.69) is 0 Å². The van der Waals surface area contributed by atoms with Crippen LogP contribution in [0.15, 0.2) is 24.3 Å². The molecule has 2 aliphatic rings. The van der Waals surface area contributed by atoms with Crippen LogP contribution in [0.3, 0.4) is 0 Å². The van der Waals surface area contributed by atoms with Gasteiger partial charge in [0, 0.05) is 27.7 Å². The van der Waals surface area contributed by atoms with E-state index in [1.807, 2.05) is 0 Å². The molecule has 188 valence electrons. The maximum absolute atomic E-state index is 13.5. The zero-order valence-corrected chi connectivity index (χ0v) is 19.2. The number of nitrogens with zero attached hydrogens (tertiary/aromatic N) is 1. The van der Waals surface area contributed by atoms with Crippen molar-refractivity contribution in [1.82, 2.24) is 4.90 Å². The Hall–Kier alpha value is -3.84. The van der Waals surface area contributed by atoms with Gasteiger partial charge in [-0.15, -0.1) is 0 Å². The Bertz CT molecular complexity index is 1050. The van der Waals surface area contributed by atoms with E-state index < -0.39 is 72.6 Å². The monoisotopic (exact) mass is 493 g/mol. The fourth-order valence-corrected chi connectivity index (χ4v) is 4.09. The van der Waals surface area contributed by atoms with Crippen LogP contribution < -0.4 is 0 Å². The summed E-state index contributed by atoms with van der Waals surface area (Å²) in [5.41, 5.74) is -2.94. The van der Waals surface area contributed by atoms with Crippen molar-refractivity contribution in [3.63, 3.8) is 0 Å². The largest absolute Gasteiger partial charge is 0.455 e. The van der Waals surface area contributed by atoms with E-state index in [9.17, 15) is 33.9 Å². The molecule has 0 saturated carbocycles. The summed E-state index contributed by atoms with van der Waals surface area (Å²) < 4.78 is 26.8. The van der Waals surface area contributed by atoms with Crippen molar-refractivity contribution in [2.75, 3.05) is 6.61 Å². The Morgan fingerprint density at radius 1 is 0.886 bits per heavy atom. The van der Waals surface area contributed by atoms with Crippen LogP contribution in [0.2, 0.25) is 0 Å². The number of aliphatic hydroxyl groups excluding tert-OH is 1. The van der Waals surface area contributed by atoms with Crippen molar-refractivity contribution in [3.8, 4) is 0 Å². The molecule has 1 saturated heterocycles. The number of fused-ring (bicyclic) bond motifs is 1. The van der Waals surface area contributed by atoms with Crippen molar-refractivity contribution in [1.29, 1.82) is 0 Å². The molecule has 1 aromatic rings. The third-order valence-electron chi connectivity index (χ3n) is 5.21. The van der Waals surface area contributed by atoms with Gasteiger partial charge < -0.3 is 28.8 Å². The van der Waals surface area contributed by atoms with Crippen molar-refractivity contribution in [2.24, 2.45) is 0 Å². The first-order valence-electron chi connectivity index (χ1n) is 10.4. The Balaban J connectivity index is 2.34. The number of carbonyl (C=O) groups excluding carboxylic acids is 6. The maximum atomic E-state index is 13.5. The molecule has 1 aromatic carbocycles. The predicted molar refractivity (Wildman–Crippen MR) is 110 cm³/mol. The Kier molecular flexibility index (Phi) is 7.22. The van der Waals surface area contributed by atoms with Crippen LogP contribution in [0.25, 0.3) is 0 Å². The van der Waals surface area contributed by atoms with Crippen LogP contribution in [0.4, 0.5) is 0 Å². The number of hydrogen-bond donors (Lipinski definition) is 1. The molecule has 0 bridgehead atoms. The number of imide groups is 1. The van der Waals surface area contributed by atoms with Crippen molar-refractivity contribution >= 4 is 35.7 Å². The van der Waals surface area contributed by atoms with Crippen LogP contribution in [-0.2, 0) is 42.9 Å². The number of amides is 2. The molecule has 2 amide bonds. The summed E-state index contributed by atoms with van der Waals surface area (Å²) >= 11 is 0. The standard InChI is InChI=1S/C22H23NO12/c1-10(25)31-17-16(9-24)34-21(33-12(3)27)22(35-13(4)28,18(17)32-11(2)26)23-19(29)14-7-5-6-8-15(14)20(23)30/h5-8,16-18,21,24H,9H2,1-4H3/t16-,17-,18+,21-,22-/m1/s1. The number of benzene rings is 1. The molecule has 13 nitrogen and oxygen atoms in total. The Labute approximate surface area is 198 Å². The maximum Gasteiger partial charge on any atom is 0.305 e. The number of aliphatic hydroxyl groups is 1. The molecule has 2 heterocycles. The van der Waals surface area contributed by atoms with Crippen LogP contribution in [0.1, 0.15) is 48.4 Å². The topological polar surface area (TPSA) is 172 Å². The van der Waals surface area contributed by atoms with Crippen molar-refractivity contribution in [2.45, 2.75) is 58.0 Å². The molecule has 1 fully saturated rings. The van der Waals surface area contributed by atoms with Crippen LogP contribution in [0.5, 0.6) is 0 Å². The second-order valence-corrected chi connectivity index (χ2v) is 7.74. The Morgan fingerprint density at radius 3 is 1.83 bits per heavy atom. The highest BCUT2D eigenvalue weighted by Crippen LogP contribution is 2.44. The summed E-state index contributed by atoms with van der Waals surface area (Å²) in [5, 5.41) is 9.89. The number of hydrogen-bond acceptors (Lipinski definition) is 12. The molecule has 5 atom stereocenters. The van der Waals surface area contributed by atoms with E-state index in [4.69, 9.17) is 23.7 Å². The molecular formula is C22H23NO12. The smallest absolute Gasteiger partial charge is 0.305 e. The van der Waals surface area contributed by atoms with Gasteiger partial charge in [-0.3, -0.25) is 28.8 Å². The highest BCUT2D eigenvalue weighted by atomic mass is 16.8. The molecule has 2 aliphatic heterocycles. The van der Waals surface area contributed by atoms with Crippen LogP contribution in [0, 0.1) is 0 Å². The fraction of sp³-hybridized carbons (Fsp3) is 0.455. The fourth-order valence-electron chi connectivity index (χ4n) is 4.09. The average molecular weight is 493 g/mol. The Morgan fingerprint density at radius 2 is 1.40 bits per heavy atom. The van der Waals surface area contributed by atoms with E-state index in [1.165, 1.54) is 24.3 Å². The minimum absolute atomic E-state index is 0.0829. The zero-order valence-electron chi connectivity index (χ0n) is 19.2. The lowest BCUT2D eigenvalue weighted by atomic mass is 9.90. The van der Waals surface area contributed by atoms with Crippen molar-refractivity contribution in [3.05, 3.63) is 35.4 Å². The average Bonchev–Trinajstić information content (AvgIpc) is 3.01. The minimum Gasteiger partial charge on any atom is -0.455 e. The number of ether oxygens (including phenoxy) is 5. The van der Waals surface area contributed by atoms with E-state index in [1.54, 1.807) is 0 Å². The van der Waals surface area contributed by atoms with Gasteiger partial charge in [-0.25, -0.2) is 4.90 Å². The van der Waals surface area contributed by atoms with Gasteiger partial charge in [0.1, 0.15) is 6.10 Å². The van der Waals surface area contributed by atoms with Crippen molar-refractivity contribution < 1.29 is 57.6 Å². The first kappa shape index (κ1) is 25.8. The summed E-state index contributed by atoms with van der Waals surface area (Å²) in [5.74, 6) is -5.99. The first-order valence-corrected chi connectivity index (χ1v) is 10.4. The summed E-state index contributed by atoms with van der Waals surface area (Å²) in [6.07, 6.45) is -7.23. The molecule has 0 aromatic heterocycles. The molecule has 0 unspecified atom stereocenters. The summed E-state index contributed by atoms with van der Waals surface area (Å²) in [6.45, 7) is 3.03. The zero-order chi connectivity index (χ0) is 26.1. The van der Waals surface area contributed by atoms with Gasteiger partial charge in [-0.05, 0) is 12.1 Å². The number of rotatable bonds is 6. The number of esters is 4. The van der Waals surface area contributed by atoms with Gasteiger partial charge in [0.15, 0.2) is 6.10 Å². The normalized spacial score (nSPS) is 27.6. The third-order valence-corrected chi connectivity index (χ3v) is 5.21. The highest BCUT2D eigenvalue weighted by Gasteiger charge is 2.71. The minimum atomic E-state index is -2.78. The lowest BCUT2D eigenvalue weighted by Crippen LogP contribution is -2.77. The van der Waals surface area contributed by atoms with Crippen LogP contribution >= 0.6 is 0 Å². The first-order chi connectivity index (χ1) is 16.4. The van der Waals surface area contributed by atoms with E-state index in [0.717, 1.165) is 27.7 Å². The van der Waals surface area contributed by atoms with E-state index in [0.29, 0.717) is 4.90 Å². The second-order valence-electron chi connectivity index (χ2n) is 7.74. The van der Waals surface area contributed by atoms with E-state index in [-0.39, 0.29) is 11.1 Å². The molecular weight excluding hydrogens is 470 g/mol. The summed E-state index contributed by atoms with van der Waals surface area (Å²) in [7, 11) is 0. The van der Waals surface area contributed by atoms with Gasteiger partial charge in [0.2, 0.25) is 6.10 Å². The molecule has 3 rings (SSSR count). The number of carbonyl (C=O) groups is 6.